The third kappa shape index (κ3) is 4.48. The van der Waals surface area contributed by atoms with Gasteiger partial charge in [0.15, 0.2) is 14.0 Å². The lowest BCUT2D eigenvalue weighted by atomic mass is 9.95. The molecule has 28 heavy (non-hydrogen) atoms. The molecule has 2 fully saturated rings. The Balaban J connectivity index is 1.41. The second-order valence-electron chi connectivity index (χ2n) is 7.28. The lowest BCUT2D eigenvalue weighted by molar-refractivity contribution is 0.122. The van der Waals surface area contributed by atoms with Gasteiger partial charge in [-0.25, -0.2) is 18.4 Å². The Morgan fingerprint density at radius 2 is 1.96 bits per heavy atom. The summed E-state index contributed by atoms with van der Waals surface area (Å²) in [5.74, 6) is 0.834. The number of hydrogen-bond acceptors (Lipinski definition) is 10. The summed E-state index contributed by atoms with van der Waals surface area (Å²) in [5.41, 5.74) is 1.67. The van der Waals surface area contributed by atoms with Crippen molar-refractivity contribution in [3.63, 3.8) is 0 Å². The van der Waals surface area contributed by atoms with E-state index in [2.05, 4.69) is 29.4 Å². The summed E-state index contributed by atoms with van der Waals surface area (Å²) >= 11 is 0.969. The highest BCUT2D eigenvalue weighted by Crippen LogP contribution is 2.32. The van der Waals surface area contributed by atoms with Crippen molar-refractivity contribution in [1.82, 2.24) is 24.5 Å². The molecule has 11 heteroatoms. The fourth-order valence-electron chi connectivity index (χ4n) is 3.73. The third-order valence-corrected chi connectivity index (χ3v) is 7.66. The summed E-state index contributed by atoms with van der Waals surface area (Å²) < 4.78 is 33.5. The molecule has 9 nitrogen and oxygen atoms in total. The Morgan fingerprint density at radius 3 is 2.68 bits per heavy atom. The number of nitrogens with zero attached hydrogens (tertiary/aromatic N) is 6. The van der Waals surface area contributed by atoms with E-state index in [0.717, 1.165) is 68.6 Å². The first kappa shape index (κ1) is 19.6. The molecule has 0 amide bonds. The first-order valence-electron chi connectivity index (χ1n) is 9.39. The van der Waals surface area contributed by atoms with Gasteiger partial charge in [-0.2, -0.15) is 0 Å². The first-order valence-corrected chi connectivity index (χ1v) is 12.1. The van der Waals surface area contributed by atoms with Gasteiger partial charge >= 0.3 is 0 Å². The first-order chi connectivity index (χ1) is 13.5. The summed E-state index contributed by atoms with van der Waals surface area (Å²) in [6, 6.07) is 0. The molecule has 0 bridgehead atoms. The second-order valence-corrected chi connectivity index (χ2v) is 10.2. The fraction of sp³-hybridized carbons (Fsp3) is 0.647. The minimum Gasteiger partial charge on any atom is -0.378 e. The van der Waals surface area contributed by atoms with Gasteiger partial charge in [-0.3, -0.25) is 4.90 Å². The van der Waals surface area contributed by atoms with Crippen LogP contribution in [0.1, 0.15) is 30.0 Å². The monoisotopic (exact) mass is 424 g/mol. The van der Waals surface area contributed by atoms with E-state index in [1.165, 1.54) is 6.26 Å². The lowest BCUT2D eigenvalue weighted by Gasteiger charge is -2.32. The molecule has 4 rings (SSSR count). The molecule has 152 valence electrons. The van der Waals surface area contributed by atoms with E-state index < -0.39 is 9.84 Å². The van der Waals surface area contributed by atoms with E-state index in [-0.39, 0.29) is 5.92 Å². The smallest absolute Gasteiger partial charge is 0.225 e. The van der Waals surface area contributed by atoms with Crippen LogP contribution in [0.4, 0.5) is 5.95 Å². The molecule has 2 aromatic heterocycles. The molecule has 1 unspecified atom stereocenters. The van der Waals surface area contributed by atoms with Crippen LogP contribution in [0.3, 0.4) is 0 Å². The topological polar surface area (TPSA) is 101 Å². The minimum absolute atomic E-state index is 0.0887. The number of rotatable bonds is 5. The molecule has 2 aliphatic heterocycles. The summed E-state index contributed by atoms with van der Waals surface area (Å²) in [7, 11) is -3.29. The Labute approximate surface area is 168 Å². The molecule has 0 aliphatic carbocycles. The molecule has 2 aliphatic rings. The largest absolute Gasteiger partial charge is 0.378 e. The fourth-order valence-corrected chi connectivity index (χ4v) is 5.46. The number of likely N-dealkylation sites (tertiary alicyclic amines) is 1. The van der Waals surface area contributed by atoms with Crippen molar-refractivity contribution in [1.29, 1.82) is 0 Å². The van der Waals surface area contributed by atoms with Crippen LogP contribution < -0.4 is 4.90 Å². The van der Waals surface area contributed by atoms with Crippen molar-refractivity contribution in [3.05, 3.63) is 23.7 Å². The standard InChI is InChI=1S/C17H24N6O3S2/c1-28(24,25)16-15(20-21-27-16)14-3-2-4-22(12-14)11-13-9-18-17(19-10-13)23-5-7-26-8-6-23/h9-10,14H,2-8,11-12H2,1H3. The maximum Gasteiger partial charge on any atom is 0.225 e. The van der Waals surface area contributed by atoms with Crippen LogP contribution in [0.25, 0.3) is 0 Å². The van der Waals surface area contributed by atoms with Crippen LogP contribution >= 0.6 is 11.5 Å². The molecule has 0 radical (unpaired) electrons. The van der Waals surface area contributed by atoms with E-state index in [1.54, 1.807) is 0 Å². The van der Waals surface area contributed by atoms with Crippen LogP contribution in [0.15, 0.2) is 16.6 Å². The molecule has 0 saturated carbocycles. The van der Waals surface area contributed by atoms with E-state index >= 15 is 0 Å². The maximum absolute atomic E-state index is 12.0. The predicted molar refractivity (Wildman–Crippen MR) is 105 cm³/mol. The van der Waals surface area contributed by atoms with Crippen molar-refractivity contribution in [2.75, 3.05) is 50.5 Å². The number of ether oxygens (including phenoxy) is 1. The average Bonchev–Trinajstić information content (AvgIpc) is 3.20. The Morgan fingerprint density at radius 1 is 1.21 bits per heavy atom. The van der Waals surface area contributed by atoms with Gasteiger partial charge in [-0.05, 0) is 19.4 Å². The van der Waals surface area contributed by atoms with Crippen molar-refractivity contribution in [2.24, 2.45) is 0 Å². The van der Waals surface area contributed by atoms with Crippen molar-refractivity contribution >= 4 is 27.3 Å². The highest BCUT2D eigenvalue weighted by Gasteiger charge is 2.29. The molecular formula is C17H24N6O3S2. The van der Waals surface area contributed by atoms with E-state index in [9.17, 15) is 8.42 Å². The number of piperidine rings is 1. The molecule has 2 saturated heterocycles. The van der Waals surface area contributed by atoms with E-state index in [1.807, 2.05) is 12.4 Å². The molecule has 0 aromatic carbocycles. The van der Waals surface area contributed by atoms with Gasteiger partial charge in [0.2, 0.25) is 5.95 Å². The van der Waals surface area contributed by atoms with Crippen molar-refractivity contribution in [2.45, 2.75) is 29.5 Å². The van der Waals surface area contributed by atoms with Crippen LogP contribution in [-0.4, -0.2) is 78.5 Å². The van der Waals surface area contributed by atoms with Crippen LogP contribution in [0, 0.1) is 0 Å². The Kier molecular flexibility index (Phi) is 5.85. The van der Waals surface area contributed by atoms with E-state index in [0.29, 0.717) is 23.1 Å². The third-order valence-electron chi connectivity index (χ3n) is 5.10. The number of hydrogen-bond donors (Lipinski definition) is 0. The molecule has 0 spiro atoms. The Bertz CT molecular complexity index is 896. The zero-order chi connectivity index (χ0) is 19.6. The quantitative estimate of drug-likeness (QED) is 0.694. The predicted octanol–water partition coefficient (Wildman–Crippen LogP) is 0.948. The zero-order valence-electron chi connectivity index (χ0n) is 15.8. The summed E-state index contributed by atoms with van der Waals surface area (Å²) in [6.07, 6.45) is 6.91. The minimum atomic E-state index is -3.29. The second kappa shape index (κ2) is 8.36. The number of morpholine rings is 1. The van der Waals surface area contributed by atoms with Gasteiger partial charge in [-0.1, -0.05) is 4.49 Å². The highest BCUT2D eigenvalue weighted by atomic mass is 32.2. The average molecular weight is 425 g/mol. The zero-order valence-corrected chi connectivity index (χ0v) is 17.5. The normalized spacial score (nSPS) is 21.8. The van der Waals surface area contributed by atoms with Crippen molar-refractivity contribution < 1.29 is 13.2 Å². The van der Waals surface area contributed by atoms with Crippen LogP contribution in [-0.2, 0) is 21.1 Å². The van der Waals surface area contributed by atoms with Gasteiger partial charge in [0.05, 0.1) is 18.9 Å². The van der Waals surface area contributed by atoms with Crippen LogP contribution in [0.5, 0.6) is 0 Å². The maximum atomic E-state index is 12.0. The highest BCUT2D eigenvalue weighted by molar-refractivity contribution is 7.92. The van der Waals surface area contributed by atoms with Gasteiger partial charge in [0, 0.05) is 67.8 Å². The van der Waals surface area contributed by atoms with Gasteiger partial charge in [0.1, 0.15) is 0 Å². The Hall–Kier alpha value is -1.69. The molecule has 0 N–H and O–H groups in total. The number of aromatic nitrogens is 4. The molecular weight excluding hydrogens is 400 g/mol. The summed E-state index contributed by atoms with van der Waals surface area (Å²) in [6.45, 7) is 5.52. The lowest BCUT2D eigenvalue weighted by Crippen LogP contribution is -2.37. The molecule has 1 atom stereocenters. The summed E-state index contributed by atoms with van der Waals surface area (Å²) in [5, 5.41) is 4.13. The van der Waals surface area contributed by atoms with Crippen molar-refractivity contribution in [3.8, 4) is 0 Å². The van der Waals surface area contributed by atoms with Gasteiger partial charge in [0.25, 0.3) is 0 Å². The van der Waals surface area contributed by atoms with Gasteiger partial charge in [-0.15, -0.1) is 5.10 Å². The van der Waals surface area contributed by atoms with E-state index in [4.69, 9.17) is 4.74 Å². The number of anilines is 1. The van der Waals surface area contributed by atoms with Crippen LogP contribution in [0.2, 0.25) is 0 Å². The molecule has 2 aromatic rings. The molecule has 4 heterocycles. The number of sulfone groups is 1. The summed E-state index contributed by atoms with van der Waals surface area (Å²) in [4.78, 5) is 13.5. The van der Waals surface area contributed by atoms with Gasteiger partial charge < -0.3 is 9.64 Å². The SMILES string of the molecule is CS(=O)(=O)c1snnc1C1CCCN(Cc2cnc(N3CCOCC3)nc2)C1.